The summed E-state index contributed by atoms with van der Waals surface area (Å²) in [5.41, 5.74) is 1.22. The largest absolute Gasteiger partial charge is 0.392 e. The van der Waals surface area contributed by atoms with E-state index >= 15 is 0 Å². The van der Waals surface area contributed by atoms with E-state index in [1.54, 1.807) is 0 Å². The molecule has 1 aromatic rings. The van der Waals surface area contributed by atoms with Crippen molar-refractivity contribution >= 4 is 5.91 Å². The van der Waals surface area contributed by atoms with E-state index in [1.165, 1.54) is 5.56 Å². The zero-order valence-corrected chi connectivity index (χ0v) is 13.2. The Kier molecular flexibility index (Phi) is 6.83. The molecule has 122 valence electrons. The number of nitrogens with zero attached hydrogens (tertiary/aromatic N) is 1. The van der Waals surface area contributed by atoms with Crippen LogP contribution in [0.4, 0.5) is 0 Å². The molecule has 1 fully saturated rings. The molecule has 2 rings (SSSR count). The molecule has 5 nitrogen and oxygen atoms in total. The highest BCUT2D eigenvalue weighted by atomic mass is 16.5. The van der Waals surface area contributed by atoms with Crippen molar-refractivity contribution in [2.24, 2.45) is 0 Å². The number of hydrogen-bond acceptors (Lipinski definition) is 4. The molecule has 5 heteroatoms. The number of nitrogens with one attached hydrogen (secondary N) is 1. The van der Waals surface area contributed by atoms with Crippen LogP contribution < -0.4 is 5.32 Å². The molecule has 0 saturated carbocycles. The fourth-order valence-corrected chi connectivity index (χ4v) is 2.77. The Morgan fingerprint density at radius 1 is 1.41 bits per heavy atom. The summed E-state index contributed by atoms with van der Waals surface area (Å²) in [6.45, 7) is 4.74. The highest BCUT2D eigenvalue weighted by Crippen LogP contribution is 2.20. The quantitative estimate of drug-likeness (QED) is 0.708. The lowest BCUT2D eigenvalue weighted by Gasteiger charge is -2.24. The van der Waals surface area contributed by atoms with Crippen molar-refractivity contribution in [3.05, 3.63) is 35.9 Å². The van der Waals surface area contributed by atoms with Gasteiger partial charge < -0.3 is 15.2 Å². The zero-order chi connectivity index (χ0) is 15.8. The van der Waals surface area contributed by atoms with Gasteiger partial charge in [0, 0.05) is 32.3 Å². The number of carbonyl (C=O) groups is 1. The Morgan fingerprint density at radius 2 is 2.18 bits per heavy atom. The highest BCUT2D eigenvalue weighted by molar-refractivity contribution is 5.77. The van der Waals surface area contributed by atoms with E-state index in [1.807, 2.05) is 25.1 Å². The molecule has 1 aromatic carbocycles. The van der Waals surface area contributed by atoms with E-state index in [0.29, 0.717) is 26.1 Å². The Hall–Kier alpha value is -1.43. The average molecular weight is 306 g/mol. The summed E-state index contributed by atoms with van der Waals surface area (Å²) >= 11 is 0. The molecule has 0 bridgehead atoms. The molecule has 1 aliphatic heterocycles. The number of rotatable bonds is 8. The number of carbonyl (C=O) groups excluding carboxylic acids is 1. The van der Waals surface area contributed by atoms with Crippen molar-refractivity contribution in [3.63, 3.8) is 0 Å². The summed E-state index contributed by atoms with van der Waals surface area (Å²) in [6, 6.07) is 10.4. The van der Waals surface area contributed by atoms with Gasteiger partial charge in [-0.1, -0.05) is 37.3 Å². The molecule has 0 aromatic heterocycles. The fourth-order valence-electron chi connectivity index (χ4n) is 2.77. The lowest BCUT2D eigenvalue weighted by atomic mass is 10.1. The van der Waals surface area contributed by atoms with Crippen LogP contribution in [0.2, 0.25) is 0 Å². The summed E-state index contributed by atoms with van der Waals surface area (Å²) in [6.07, 6.45) is 1.29. The van der Waals surface area contributed by atoms with Gasteiger partial charge in [-0.2, -0.15) is 0 Å². The van der Waals surface area contributed by atoms with E-state index in [-0.39, 0.29) is 24.7 Å². The number of aliphatic hydroxyl groups is 1. The van der Waals surface area contributed by atoms with Gasteiger partial charge in [0.1, 0.15) is 6.61 Å². The second-order valence-electron chi connectivity index (χ2n) is 5.82. The van der Waals surface area contributed by atoms with E-state index < -0.39 is 0 Å². The first kappa shape index (κ1) is 16.9. The number of likely N-dealkylation sites (tertiary alicyclic amines) is 1. The molecule has 1 amide bonds. The summed E-state index contributed by atoms with van der Waals surface area (Å²) in [5, 5.41) is 12.8. The Morgan fingerprint density at radius 3 is 2.91 bits per heavy atom. The molecule has 2 atom stereocenters. The third-order valence-electron chi connectivity index (χ3n) is 3.85. The first-order valence-corrected chi connectivity index (χ1v) is 7.99. The van der Waals surface area contributed by atoms with Crippen molar-refractivity contribution in [3.8, 4) is 0 Å². The minimum Gasteiger partial charge on any atom is -0.392 e. The molecular formula is C17H26N2O3. The van der Waals surface area contributed by atoms with Gasteiger partial charge in [-0.3, -0.25) is 9.69 Å². The van der Waals surface area contributed by atoms with E-state index in [9.17, 15) is 9.90 Å². The first-order chi connectivity index (χ1) is 10.7. The van der Waals surface area contributed by atoms with Crippen LogP contribution in [0.1, 0.15) is 25.3 Å². The molecule has 1 heterocycles. The van der Waals surface area contributed by atoms with Crippen molar-refractivity contribution in [1.29, 1.82) is 0 Å². The molecular weight excluding hydrogens is 280 g/mol. The standard InChI is InChI=1S/C17H26N2O3/c1-2-8-22-13-17(21)18-10-15-9-16(20)12-19(15)11-14-6-4-3-5-7-14/h3-7,15-16,20H,2,8-13H2,1H3,(H,18,21). The zero-order valence-electron chi connectivity index (χ0n) is 13.2. The number of aliphatic hydroxyl groups excluding tert-OH is 1. The van der Waals surface area contributed by atoms with Crippen LogP contribution in [0, 0.1) is 0 Å². The molecule has 0 aliphatic carbocycles. The minimum atomic E-state index is -0.318. The molecule has 2 unspecified atom stereocenters. The van der Waals surface area contributed by atoms with Crippen molar-refractivity contribution in [1.82, 2.24) is 10.2 Å². The van der Waals surface area contributed by atoms with Gasteiger partial charge in [0.2, 0.25) is 5.91 Å². The van der Waals surface area contributed by atoms with Gasteiger partial charge in [-0.15, -0.1) is 0 Å². The summed E-state index contributed by atoms with van der Waals surface area (Å²) in [5.74, 6) is -0.0884. The second kappa shape index (κ2) is 8.88. The van der Waals surface area contributed by atoms with Crippen LogP contribution in [-0.4, -0.2) is 54.4 Å². The van der Waals surface area contributed by atoms with Gasteiger partial charge >= 0.3 is 0 Å². The molecule has 2 N–H and O–H groups in total. The third kappa shape index (κ3) is 5.40. The van der Waals surface area contributed by atoms with Crippen LogP contribution in [-0.2, 0) is 16.1 Å². The summed E-state index contributed by atoms with van der Waals surface area (Å²) in [4.78, 5) is 13.9. The fraction of sp³-hybridized carbons (Fsp3) is 0.588. The van der Waals surface area contributed by atoms with Crippen LogP contribution in [0.15, 0.2) is 30.3 Å². The highest BCUT2D eigenvalue weighted by Gasteiger charge is 2.30. The van der Waals surface area contributed by atoms with Crippen LogP contribution in [0.3, 0.4) is 0 Å². The predicted molar refractivity (Wildman–Crippen MR) is 85.4 cm³/mol. The number of amides is 1. The monoisotopic (exact) mass is 306 g/mol. The van der Waals surface area contributed by atoms with Crippen LogP contribution >= 0.6 is 0 Å². The SMILES string of the molecule is CCCOCC(=O)NCC1CC(O)CN1Cc1ccccc1. The second-order valence-corrected chi connectivity index (χ2v) is 5.82. The smallest absolute Gasteiger partial charge is 0.246 e. The molecule has 1 saturated heterocycles. The van der Waals surface area contributed by atoms with E-state index in [2.05, 4.69) is 22.3 Å². The number of ether oxygens (including phenoxy) is 1. The van der Waals surface area contributed by atoms with Crippen LogP contribution in [0.25, 0.3) is 0 Å². The Bertz CT molecular complexity index is 452. The maximum atomic E-state index is 11.7. The molecule has 0 spiro atoms. The van der Waals surface area contributed by atoms with Crippen molar-refractivity contribution in [2.75, 3.05) is 26.3 Å². The Balaban J connectivity index is 1.79. The normalized spacial score (nSPS) is 21.9. The maximum Gasteiger partial charge on any atom is 0.246 e. The lowest BCUT2D eigenvalue weighted by molar-refractivity contribution is -0.125. The maximum absolute atomic E-state index is 11.7. The predicted octanol–water partition coefficient (Wildman–Crippen LogP) is 1.16. The van der Waals surface area contributed by atoms with Gasteiger partial charge in [0.15, 0.2) is 0 Å². The first-order valence-electron chi connectivity index (χ1n) is 7.99. The lowest BCUT2D eigenvalue weighted by Crippen LogP contribution is -2.41. The van der Waals surface area contributed by atoms with E-state index in [0.717, 1.165) is 13.0 Å². The van der Waals surface area contributed by atoms with Crippen molar-refractivity contribution in [2.45, 2.75) is 38.5 Å². The third-order valence-corrected chi connectivity index (χ3v) is 3.85. The van der Waals surface area contributed by atoms with Gasteiger partial charge in [0.25, 0.3) is 0 Å². The van der Waals surface area contributed by atoms with E-state index in [4.69, 9.17) is 4.74 Å². The number of hydrogen-bond donors (Lipinski definition) is 2. The summed E-state index contributed by atoms with van der Waals surface area (Å²) in [7, 11) is 0. The molecule has 0 radical (unpaired) electrons. The molecule has 1 aliphatic rings. The molecule has 22 heavy (non-hydrogen) atoms. The number of β-amino-alcohol motifs (C(OH)–C–C–N with tert-alkyl or cyclic N) is 1. The van der Waals surface area contributed by atoms with Gasteiger partial charge in [-0.05, 0) is 18.4 Å². The topological polar surface area (TPSA) is 61.8 Å². The van der Waals surface area contributed by atoms with Crippen LogP contribution in [0.5, 0.6) is 0 Å². The van der Waals surface area contributed by atoms with Gasteiger partial charge in [-0.25, -0.2) is 0 Å². The minimum absolute atomic E-state index is 0.0884. The Labute approximate surface area is 132 Å². The number of benzene rings is 1. The van der Waals surface area contributed by atoms with Crippen molar-refractivity contribution < 1.29 is 14.6 Å². The average Bonchev–Trinajstić information content (AvgIpc) is 2.86. The summed E-state index contributed by atoms with van der Waals surface area (Å²) < 4.78 is 5.23. The van der Waals surface area contributed by atoms with Gasteiger partial charge in [0.05, 0.1) is 6.10 Å².